The normalized spacial score (nSPS) is 11.1. The summed E-state index contributed by atoms with van der Waals surface area (Å²) in [7, 11) is 1.23. The van der Waals surface area contributed by atoms with Gasteiger partial charge < -0.3 is 0 Å². The van der Waals surface area contributed by atoms with Crippen molar-refractivity contribution in [2.75, 3.05) is 0 Å². The smallest absolute Gasteiger partial charge is 0.207 e. The summed E-state index contributed by atoms with van der Waals surface area (Å²) in [5.41, 5.74) is 0.215. The number of thiol groups is 1. The minimum Gasteiger partial charge on any atom is -0.207 e. The van der Waals surface area contributed by atoms with E-state index in [2.05, 4.69) is 12.6 Å². The van der Waals surface area contributed by atoms with Gasteiger partial charge in [0, 0.05) is 21.5 Å². The lowest BCUT2D eigenvalue weighted by atomic mass is 10.1. The summed E-state index contributed by atoms with van der Waals surface area (Å²) in [6.07, 6.45) is 0. The highest BCUT2D eigenvalue weighted by Crippen LogP contribution is 2.29. The van der Waals surface area contributed by atoms with Crippen LogP contribution in [-0.2, 0) is 14.9 Å². The number of nitrogens with zero attached hydrogens (tertiary/aromatic N) is 1. The lowest BCUT2D eigenvalue weighted by Crippen LogP contribution is -2.01. The molecule has 0 aliphatic heterocycles. The van der Waals surface area contributed by atoms with Gasteiger partial charge in [0.1, 0.15) is 11.0 Å². The second-order valence-corrected chi connectivity index (χ2v) is 5.88. The van der Waals surface area contributed by atoms with E-state index >= 15 is 0 Å². The van der Waals surface area contributed by atoms with Crippen molar-refractivity contribution in [3.8, 4) is 6.07 Å². The van der Waals surface area contributed by atoms with E-state index in [9.17, 15) is 8.42 Å². The lowest BCUT2D eigenvalue weighted by Gasteiger charge is -2.07. The largest absolute Gasteiger partial charge is 0.262 e. The van der Waals surface area contributed by atoms with E-state index in [0.29, 0.717) is 5.56 Å². The molecule has 0 N–H and O–H groups in total. The summed E-state index contributed by atoms with van der Waals surface area (Å²) in [5.74, 6) is -0.0377. The van der Waals surface area contributed by atoms with Crippen LogP contribution < -0.4 is 0 Å². The number of hydrogen-bond acceptors (Lipinski definition) is 4. The van der Waals surface area contributed by atoms with Gasteiger partial charge in [-0.2, -0.15) is 5.26 Å². The Morgan fingerprint density at radius 1 is 1.47 bits per heavy atom. The van der Waals surface area contributed by atoms with E-state index in [0.717, 1.165) is 0 Å². The fourth-order valence-electron chi connectivity index (χ4n) is 1.11. The van der Waals surface area contributed by atoms with Gasteiger partial charge in [0.05, 0.1) is 5.56 Å². The third-order valence-electron chi connectivity index (χ3n) is 1.72. The summed E-state index contributed by atoms with van der Waals surface area (Å²) >= 11 is 9.54. The molecule has 80 valence electrons. The van der Waals surface area contributed by atoms with Crippen LogP contribution in [0.4, 0.5) is 0 Å². The predicted octanol–water partition coefficient (Wildman–Crippen LogP) is 2.51. The number of halogens is 2. The average Bonchev–Trinajstić information content (AvgIpc) is 2.15. The molecule has 1 rings (SSSR count). The van der Waals surface area contributed by atoms with Gasteiger partial charge in [0.25, 0.3) is 9.05 Å². The Bertz CT molecular complexity index is 534. The summed E-state index contributed by atoms with van der Waals surface area (Å²) in [5, 5.41) is 8.82. The maximum Gasteiger partial charge on any atom is 0.262 e. The molecule has 0 amide bonds. The van der Waals surface area contributed by atoms with Crippen molar-refractivity contribution in [3.63, 3.8) is 0 Å². The number of benzene rings is 1. The van der Waals surface area contributed by atoms with Crippen LogP contribution in [0.3, 0.4) is 0 Å². The first-order valence-corrected chi connectivity index (χ1v) is 6.96. The van der Waals surface area contributed by atoms with Crippen LogP contribution in [0.2, 0.25) is 0 Å². The number of rotatable bonds is 2. The topological polar surface area (TPSA) is 57.9 Å². The maximum absolute atomic E-state index is 11.3. The standard InChI is InChI=1S/C8H5Cl2NO2S2/c9-3-5-1-2-7(14)6(4-11)8(5)15(10,12)13/h1-2,14H,3H2. The molecular formula is C8H5Cl2NO2S2. The summed E-state index contributed by atoms with van der Waals surface area (Å²) in [6, 6.07) is 4.73. The molecule has 0 fully saturated rings. The molecule has 0 aliphatic rings. The van der Waals surface area contributed by atoms with Crippen molar-refractivity contribution in [1.29, 1.82) is 5.26 Å². The predicted molar refractivity (Wildman–Crippen MR) is 61.0 cm³/mol. The zero-order valence-electron chi connectivity index (χ0n) is 7.24. The van der Waals surface area contributed by atoms with Crippen molar-refractivity contribution in [1.82, 2.24) is 0 Å². The molecule has 0 radical (unpaired) electrons. The zero-order chi connectivity index (χ0) is 11.6. The summed E-state index contributed by atoms with van der Waals surface area (Å²) < 4.78 is 22.5. The minimum absolute atomic E-state index is 0.0377. The van der Waals surface area contributed by atoms with E-state index in [4.69, 9.17) is 27.5 Å². The van der Waals surface area contributed by atoms with Crippen LogP contribution in [0.25, 0.3) is 0 Å². The first kappa shape index (κ1) is 12.7. The van der Waals surface area contributed by atoms with Crippen LogP contribution in [0.15, 0.2) is 21.9 Å². The Hall–Kier alpha value is -0.410. The van der Waals surface area contributed by atoms with E-state index < -0.39 is 9.05 Å². The Labute approximate surface area is 102 Å². The minimum atomic E-state index is -3.99. The fraction of sp³-hybridized carbons (Fsp3) is 0.125. The van der Waals surface area contributed by atoms with Gasteiger partial charge in [0.15, 0.2) is 0 Å². The zero-order valence-corrected chi connectivity index (χ0v) is 10.5. The second kappa shape index (κ2) is 4.62. The van der Waals surface area contributed by atoms with Gasteiger partial charge in [-0.3, -0.25) is 0 Å². The van der Waals surface area contributed by atoms with E-state index in [1.165, 1.54) is 12.1 Å². The molecule has 0 spiro atoms. The van der Waals surface area contributed by atoms with Crippen LogP contribution in [0, 0.1) is 11.3 Å². The summed E-state index contributed by atoms with van der Waals surface area (Å²) in [6.45, 7) is 0. The molecule has 0 saturated carbocycles. The van der Waals surface area contributed by atoms with Gasteiger partial charge in [-0.05, 0) is 11.6 Å². The molecule has 0 aliphatic carbocycles. The molecule has 1 aromatic carbocycles. The SMILES string of the molecule is N#Cc1c(S)ccc(CCl)c1S(=O)(=O)Cl. The Balaban J connectivity index is 3.73. The molecule has 0 aromatic heterocycles. The van der Waals surface area contributed by atoms with Crippen LogP contribution >= 0.6 is 34.9 Å². The molecule has 0 saturated heterocycles. The Morgan fingerprint density at radius 2 is 2.07 bits per heavy atom. The molecule has 15 heavy (non-hydrogen) atoms. The van der Waals surface area contributed by atoms with Gasteiger partial charge in [-0.1, -0.05) is 6.07 Å². The van der Waals surface area contributed by atoms with Crippen LogP contribution in [0.1, 0.15) is 11.1 Å². The van der Waals surface area contributed by atoms with Crippen molar-refractivity contribution >= 4 is 44.0 Å². The van der Waals surface area contributed by atoms with Crippen molar-refractivity contribution < 1.29 is 8.42 Å². The highest BCUT2D eigenvalue weighted by molar-refractivity contribution is 8.13. The number of alkyl halides is 1. The van der Waals surface area contributed by atoms with Crippen molar-refractivity contribution in [2.45, 2.75) is 15.7 Å². The number of hydrogen-bond donors (Lipinski definition) is 1. The van der Waals surface area contributed by atoms with Crippen molar-refractivity contribution in [2.24, 2.45) is 0 Å². The second-order valence-electron chi connectivity index (χ2n) is 2.63. The third kappa shape index (κ3) is 2.58. The van der Waals surface area contributed by atoms with E-state index in [1.54, 1.807) is 6.07 Å². The summed E-state index contributed by atoms with van der Waals surface area (Å²) in [4.78, 5) is -0.000224. The number of nitriles is 1. The first-order chi connectivity index (χ1) is 6.91. The van der Waals surface area contributed by atoms with Crippen LogP contribution in [0.5, 0.6) is 0 Å². The molecule has 1 aromatic rings. The molecule has 3 nitrogen and oxygen atoms in total. The molecule has 7 heteroatoms. The first-order valence-electron chi connectivity index (χ1n) is 3.67. The molecular weight excluding hydrogens is 277 g/mol. The monoisotopic (exact) mass is 281 g/mol. The Kier molecular flexibility index (Phi) is 3.90. The molecule has 0 atom stereocenters. The fourth-order valence-corrected chi connectivity index (χ4v) is 3.10. The maximum atomic E-state index is 11.3. The molecule has 0 heterocycles. The third-order valence-corrected chi connectivity index (χ3v) is 3.79. The molecule has 0 unspecified atom stereocenters. The van der Waals surface area contributed by atoms with E-state index in [-0.39, 0.29) is 21.2 Å². The lowest BCUT2D eigenvalue weighted by molar-refractivity contribution is 0.608. The average molecular weight is 282 g/mol. The van der Waals surface area contributed by atoms with Crippen LogP contribution in [-0.4, -0.2) is 8.42 Å². The highest BCUT2D eigenvalue weighted by atomic mass is 35.7. The van der Waals surface area contributed by atoms with Crippen molar-refractivity contribution in [3.05, 3.63) is 23.3 Å². The van der Waals surface area contributed by atoms with Gasteiger partial charge in [0.2, 0.25) is 0 Å². The van der Waals surface area contributed by atoms with Gasteiger partial charge in [-0.15, -0.1) is 24.2 Å². The van der Waals surface area contributed by atoms with Gasteiger partial charge in [-0.25, -0.2) is 8.42 Å². The highest BCUT2D eigenvalue weighted by Gasteiger charge is 2.21. The van der Waals surface area contributed by atoms with E-state index in [1.807, 2.05) is 0 Å². The quantitative estimate of drug-likeness (QED) is 0.515. The van der Waals surface area contributed by atoms with Gasteiger partial charge >= 0.3 is 0 Å². The molecule has 0 bridgehead atoms. The Morgan fingerprint density at radius 3 is 2.47 bits per heavy atom.